The molecule has 4 aromatic carbocycles. The molecule has 6 nitrogen and oxygen atoms in total. The monoisotopic (exact) mass is 732 g/mol. The molecule has 0 aliphatic carbocycles. The number of ether oxygens (including phenoxy) is 3. The number of carbonyl (C=O) groups excluding carboxylic acids is 1. The van der Waals surface area contributed by atoms with Gasteiger partial charge in [-0.2, -0.15) is 0 Å². The zero-order valence-electron chi connectivity index (χ0n) is 31.5. The number of hydrogen-bond acceptors (Lipinski definition) is 7. The van der Waals surface area contributed by atoms with Gasteiger partial charge in [0, 0.05) is 43.8 Å². The van der Waals surface area contributed by atoms with Gasteiger partial charge in [0.25, 0.3) is 0 Å². The van der Waals surface area contributed by atoms with Crippen LogP contribution in [-0.2, 0) is 6.61 Å². The largest absolute Gasteiger partial charge is 0.538 e. The zero-order valence-corrected chi connectivity index (χ0v) is 33.3. The van der Waals surface area contributed by atoms with Crippen LogP contribution in [0.5, 0.6) is 23.0 Å². The number of nitrogens with zero attached hydrogens (tertiary/aromatic N) is 1. The van der Waals surface area contributed by atoms with Crippen molar-refractivity contribution in [1.82, 2.24) is 4.90 Å². The van der Waals surface area contributed by atoms with Crippen molar-refractivity contribution in [3.05, 3.63) is 106 Å². The molecule has 1 aliphatic rings. The maximum Gasteiger partial charge on any atom is 0.341 e. The van der Waals surface area contributed by atoms with Crippen molar-refractivity contribution < 1.29 is 23.4 Å². The fourth-order valence-corrected chi connectivity index (χ4v) is 8.93. The van der Waals surface area contributed by atoms with E-state index in [0.29, 0.717) is 35.8 Å². The summed E-state index contributed by atoms with van der Waals surface area (Å²) in [5, 5.41) is 0.901. The van der Waals surface area contributed by atoms with E-state index in [1.54, 1.807) is 18.4 Å². The molecular weight excluding hydrogens is 683 g/mol. The van der Waals surface area contributed by atoms with Gasteiger partial charge in [-0.05, 0) is 103 Å². The van der Waals surface area contributed by atoms with Crippen molar-refractivity contribution in [3.8, 4) is 33.4 Å². The van der Waals surface area contributed by atoms with Crippen LogP contribution < -0.4 is 18.6 Å². The Balaban J connectivity index is 1.49. The Morgan fingerprint density at radius 3 is 2.04 bits per heavy atom. The maximum atomic E-state index is 15.6. The first-order chi connectivity index (χ1) is 25.1. The van der Waals surface area contributed by atoms with Crippen molar-refractivity contribution >= 4 is 37.7 Å². The molecule has 1 aliphatic heterocycles. The summed E-state index contributed by atoms with van der Waals surface area (Å²) in [5.41, 5.74) is 6.27. The SMILES string of the molecule is COc1c(O[Si])c(C(C)C)c(C(C)C)c(C(=O)c2c(-c3ccc(OCCN4CCCC4)cc3)sc3cc(OCc4ccccc4)ccc23)c1C(C)C. The van der Waals surface area contributed by atoms with Gasteiger partial charge in [-0.15, -0.1) is 11.3 Å². The lowest BCUT2D eigenvalue weighted by molar-refractivity contribution is 0.103. The number of methoxy groups -OCH3 is 1. The highest BCUT2D eigenvalue weighted by molar-refractivity contribution is 7.22. The molecule has 0 bridgehead atoms. The van der Waals surface area contributed by atoms with Crippen LogP contribution in [0.15, 0.2) is 72.8 Å². The predicted octanol–water partition coefficient (Wildman–Crippen LogP) is 10.7. The van der Waals surface area contributed by atoms with Gasteiger partial charge in [0.1, 0.15) is 24.7 Å². The molecule has 8 heteroatoms. The van der Waals surface area contributed by atoms with E-state index in [4.69, 9.17) is 18.6 Å². The molecule has 1 aromatic heterocycles. The van der Waals surface area contributed by atoms with E-state index < -0.39 is 0 Å². The third-order valence-electron chi connectivity index (χ3n) is 9.92. The quantitative estimate of drug-likeness (QED) is 0.0789. The number of carbonyl (C=O) groups is 1. The molecule has 0 atom stereocenters. The van der Waals surface area contributed by atoms with E-state index in [0.717, 1.165) is 73.9 Å². The van der Waals surface area contributed by atoms with Crippen LogP contribution in [0.25, 0.3) is 20.5 Å². The number of ketones is 1. The summed E-state index contributed by atoms with van der Waals surface area (Å²) in [4.78, 5) is 18.9. The summed E-state index contributed by atoms with van der Waals surface area (Å²) < 4.78 is 25.4. The number of benzene rings is 4. The van der Waals surface area contributed by atoms with Crippen molar-refractivity contribution in [3.63, 3.8) is 0 Å². The third kappa shape index (κ3) is 7.80. The topological polar surface area (TPSA) is 57.2 Å². The standard InChI is InChI=1S/C44H50NO5SSi/c1-27(2)36-37(28(3)4)43(50-52)42(47-7)38(29(5)6)40(36)41(46)39-34-20-19-33(49-26-30-13-9-8-10-14-30)25-35(34)51-44(39)31-15-17-32(18-16-31)48-24-23-45-21-11-12-22-45/h8-10,13-20,25,27-29H,11-12,21-24,26H2,1-7H3. The summed E-state index contributed by atoms with van der Waals surface area (Å²) in [6.07, 6.45) is 2.53. The lowest BCUT2D eigenvalue weighted by Crippen LogP contribution is -2.25. The van der Waals surface area contributed by atoms with E-state index in [9.17, 15) is 0 Å². The van der Waals surface area contributed by atoms with Gasteiger partial charge in [0.2, 0.25) is 0 Å². The van der Waals surface area contributed by atoms with E-state index >= 15 is 4.79 Å². The maximum absolute atomic E-state index is 15.6. The molecule has 271 valence electrons. The molecule has 1 fully saturated rings. The molecule has 0 N–H and O–H groups in total. The molecule has 3 radical (unpaired) electrons. The Morgan fingerprint density at radius 2 is 1.42 bits per heavy atom. The van der Waals surface area contributed by atoms with E-state index in [2.05, 4.69) is 87.3 Å². The van der Waals surface area contributed by atoms with Gasteiger partial charge in [0.15, 0.2) is 17.3 Å². The summed E-state index contributed by atoms with van der Waals surface area (Å²) in [7, 11) is 5.01. The smallest absolute Gasteiger partial charge is 0.341 e. The fraction of sp³-hybridized carbons (Fsp3) is 0.386. The van der Waals surface area contributed by atoms with Gasteiger partial charge in [-0.3, -0.25) is 9.69 Å². The molecule has 0 spiro atoms. The van der Waals surface area contributed by atoms with Crippen molar-refractivity contribution in [2.24, 2.45) is 0 Å². The van der Waals surface area contributed by atoms with Crippen molar-refractivity contribution in [1.29, 1.82) is 0 Å². The summed E-state index contributed by atoms with van der Waals surface area (Å²) >= 11 is 1.62. The number of thiophene rings is 1. The third-order valence-corrected chi connectivity index (χ3v) is 11.3. The summed E-state index contributed by atoms with van der Waals surface area (Å²) in [5.74, 6) is 2.90. The predicted molar refractivity (Wildman–Crippen MR) is 214 cm³/mol. The van der Waals surface area contributed by atoms with Crippen molar-refractivity contribution in [2.75, 3.05) is 33.4 Å². The first-order valence-electron chi connectivity index (χ1n) is 18.5. The molecule has 2 heterocycles. The summed E-state index contributed by atoms with van der Waals surface area (Å²) in [6, 6.07) is 24.4. The number of fused-ring (bicyclic) bond motifs is 1. The zero-order chi connectivity index (χ0) is 36.9. The molecule has 0 amide bonds. The van der Waals surface area contributed by atoms with Crippen molar-refractivity contribution in [2.45, 2.75) is 78.7 Å². The van der Waals surface area contributed by atoms with Gasteiger partial charge in [-0.25, -0.2) is 0 Å². The second kappa shape index (κ2) is 16.7. The van der Waals surface area contributed by atoms with E-state index in [-0.39, 0.29) is 23.5 Å². The van der Waals surface area contributed by atoms with Gasteiger partial charge in [-0.1, -0.05) is 71.9 Å². The Kier molecular flexibility index (Phi) is 12.1. The number of likely N-dealkylation sites (tertiary alicyclic amines) is 1. The van der Waals surface area contributed by atoms with Crippen LogP contribution in [0.1, 0.15) is 110 Å². The Morgan fingerprint density at radius 1 is 0.769 bits per heavy atom. The van der Waals surface area contributed by atoms with Crippen LogP contribution in [0.4, 0.5) is 0 Å². The molecule has 52 heavy (non-hydrogen) atoms. The highest BCUT2D eigenvalue weighted by atomic mass is 32.1. The first-order valence-corrected chi connectivity index (χ1v) is 19.7. The van der Waals surface area contributed by atoms with Gasteiger partial charge in [0.05, 0.1) is 7.11 Å². The van der Waals surface area contributed by atoms with Crippen LogP contribution in [-0.4, -0.2) is 54.5 Å². The summed E-state index contributed by atoms with van der Waals surface area (Å²) in [6.45, 7) is 17.1. The van der Waals surface area contributed by atoms with Gasteiger partial charge < -0.3 is 18.6 Å². The second-order valence-corrected chi connectivity index (χ2v) is 15.8. The van der Waals surface area contributed by atoms with Crippen LogP contribution >= 0.6 is 11.3 Å². The van der Waals surface area contributed by atoms with E-state index in [1.807, 2.05) is 42.5 Å². The lowest BCUT2D eigenvalue weighted by atomic mass is 9.78. The Hall–Kier alpha value is -4.11. The van der Waals surface area contributed by atoms with Crippen LogP contribution in [0, 0.1) is 0 Å². The molecule has 6 rings (SSSR count). The number of rotatable bonds is 15. The average molecular weight is 733 g/mol. The highest BCUT2D eigenvalue weighted by Crippen LogP contribution is 2.50. The normalized spacial score (nSPS) is 13.4. The minimum Gasteiger partial charge on any atom is -0.538 e. The molecule has 5 aromatic rings. The molecule has 0 unspecified atom stereocenters. The minimum absolute atomic E-state index is 0.0155. The highest BCUT2D eigenvalue weighted by Gasteiger charge is 2.34. The molecular formula is C44H50NO5SSi. The number of hydrogen-bond donors (Lipinski definition) is 0. The van der Waals surface area contributed by atoms with Crippen LogP contribution in [0.3, 0.4) is 0 Å². The molecule has 0 saturated carbocycles. The lowest BCUT2D eigenvalue weighted by Gasteiger charge is -2.29. The average Bonchev–Trinajstić information content (AvgIpc) is 3.81. The minimum atomic E-state index is -0.0171. The molecule has 1 saturated heterocycles. The van der Waals surface area contributed by atoms with Crippen LogP contribution in [0.2, 0.25) is 0 Å². The Bertz CT molecular complexity index is 2000. The Labute approximate surface area is 316 Å². The fourth-order valence-electron chi connectivity index (χ4n) is 7.50. The van der Waals surface area contributed by atoms with E-state index in [1.165, 1.54) is 12.8 Å². The van der Waals surface area contributed by atoms with Gasteiger partial charge >= 0.3 is 10.5 Å². The second-order valence-electron chi connectivity index (χ2n) is 14.5. The first kappa shape index (κ1) is 37.6.